The third kappa shape index (κ3) is 1.41. The molecular formula is C9H8F2N2O. The molecule has 0 aliphatic carbocycles. The number of aromatic nitrogens is 2. The molecule has 0 unspecified atom stereocenters. The first-order chi connectivity index (χ1) is 6.68. The molecule has 0 N–H and O–H groups in total. The summed E-state index contributed by atoms with van der Waals surface area (Å²) in [5.74, 6) is 0.150. The van der Waals surface area contributed by atoms with Crippen molar-refractivity contribution in [1.29, 1.82) is 0 Å². The third-order valence-corrected chi connectivity index (χ3v) is 1.94. The van der Waals surface area contributed by atoms with Crippen LogP contribution in [0.4, 0.5) is 8.78 Å². The molecule has 0 aliphatic heterocycles. The van der Waals surface area contributed by atoms with Crippen LogP contribution >= 0.6 is 0 Å². The Balaban J connectivity index is 2.57. The SMILES string of the molecule is Cn1ncc2cccc(OC(F)F)c21. The highest BCUT2D eigenvalue weighted by Crippen LogP contribution is 2.25. The highest BCUT2D eigenvalue weighted by atomic mass is 19.3. The van der Waals surface area contributed by atoms with Gasteiger partial charge in [0.1, 0.15) is 5.52 Å². The van der Waals surface area contributed by atoms with E-state index in [1.165, 1.54) is 10.7 Å². The van der Waals surface area contributed by atoms with Gasteiger partial charge in [-0.25, -0.2) is 0 Å². The van der Waals surface area contributed by atoms with Gasteiger partial charge in [0.05, 0.1) is 6.20 Å². The summed E-state index contributed by atoms with van der Waals surface area (Å²) >= 11 is 0. The van der Waals surface area contributed by atoms with Gasteiger partial charge in [0, 0.05) is 12.4 Å². The van der Waals surface area contributed by atoms with E-state index in [0.717, 1.165) is 5.39 Å². The van der Waals surface area contributed by atoms with E-state index < -0.39 is 6.61 Å². The van der Waals surface area contributed by atoms with Crippen LogP contribution in [-0.4, -0.2) is 16.4 Å². The number of halogens is 2. The van der Waals surface area contributed by atoms with Crippen LogP contribution in [0.1, 0.15) is 0 Å². The first kappa shape index (κ1) is 8.93. The second kappa shape index (κ2) is 3.25. The van der Waals surface area contributed by atoms with Crippen LogP contribution in [0, 0.1) is 0 Å². The van der Waals surface area contributed by atoms with Crippen LogP contribution in [0.2, 0.25) is 0 Å². The molecule has 5 heteroatoms. The highest BCUT2D eigenvalue weighted by Gasteiger charge is 2.10. The van der Waals surface area contributed by atoms with Crippen LogP contribution in [-0.2, 0) is 7.05 Å². The topological polar surface area (TPSA) is 27.1 Å². The molecule has 0 atom stereocenters. The van der Waals surface area contributed by atoms with Crippen molar-refractivity contribution in [2.24, 2.45) is 7.05 Å². The molecule has 0 bridgehead atoms. The Morgan fingerprint density at radius 1 is 1.43 bits per heavy atom. The molecule has 3 nitrogen and oxygen atoms in total. The molecule has 0 amide bonds. The van der Waals surface area contributed by atoms with Crippen LogP contribution in [0.5, 0.6) is 5.75 Å². The first-order valence-corrected chi connectivity index (χ1v) is 4.04. The highest BCUT2D eigenvalue weighted by molar-refractivity contribution is 5.84. The molecule has 0 spiro atoms. The molecule has 0 radical (unpaired) electrons. The number of nitrogens with zero attached hydrogens (tertiary/aromatic N) is 2. The largest absolute Gasteiger partial charge is 0.433 e. The molecule has 1 heterocycles. The van der Waals surface area contributed by atoms with Crippen molar-refractivity contribution in [2.75, 3.05) is 0 Å². The minimum Gasteiger partial charge on any atom is -0.433 e. The van der Waals surface area contributed by atoms with Crippen LogP contribution in [0.15, 0.2) is 24.4 Å². The number of hydrogen-bond acceptors (Lipinski definition) is 2. The molecule has 0 saturated carbocycles. The lowest BCUT2D eigenvalue weighted by Gasteiger charge is -2.06. The van der Waals surface area contributed by atoms with Gasteiger partial charge in [-0.2, -0.15) is 13.9 Å². The summed E-state index contributed by atoms with van der Waals surface area (Å²) in [6, 6.07) is 4.94. The van der Waals surface area contributed by atoms with Crippen LogP contribution < -0.4 is 4.74 Å². The maximum Gasteiger partial charge on any atom is 0.387 e. The molecule has 2 rings (SSSR count). The van der Waals surface area contributed by atoms with Gasteiger partial charge < -0.3 is 4.74 Å². The van der Waals surface area contributed by atoms with E-state index >= 15 is 0 Å². The molecule has 1 aromatic carbocycles. The van der Waals surface area contributed by atoms with Gasteiger partial charge in [0.15, 0.2) is 5.75 Å². The molecule has 14 heavy (non-hydrogen) atoms. The molecular weight excluding hydrogens is 190 g/mol. The van der Waals surface area contributed by atoms with E-state index in [1.54, 1.807) is 25.4 Å². The average Bonchev–Trinajstić information content (AvgIpc) is 2.48. The molecule has 2 aromatic rings. The maximum absolute atomic E-state index is 12.0. The summed E-state index contributed by atoms with van der Waals surface area (Å²) in [5.41, 5.74) is 0.577. The smallest absolute Gasteiger partial charge is 0.387 e. The van der Waals surface area contributed by atoms with E-state index in [4.69, 9.17) is 0 Å². The lowest BCUT2D eigenvalue weighted by Crippen LogP contribution is -2.03. The molecule has 0 aliphatic rings. The number of alkyl halides is 2. The van der Waals surface area contributed by atoms with Gasteiger partial charge >= 0.3 is 6.61 Å². The fraction of sp³-hybridized carbons (Fsp3) is 0.222. The standard InChI is InChI=1S/C9H8F2N2O/c1-13-8-6(5-12-13)3-2-4-7(8)14-9(10)11/h2-5,9H,1H3. The van der Waals surface area contributed by atoms with Crippen molar-refractivity contribution in [3.63, 3.8) is 0 Å². The lowest BCUT2D eigenvalue weighted by atomic mass is 10.2. The Hall–Kier alpha value is -1.65. The van der Waals surface area contributed by atoms with Crippen molar-refractivity contribution in [2.45, 2.75) is 6.61 Å². The lowest BCUT2D eigenvalue weighted by molar-refractivity contribution is -0.0490. The van der Waals surface area contributed by atoms with Crippen molar-refractivity contribution in [1.82, 2.24) is 9.78 Å². The van der Waals surface area contributed by atoms with Crippen molar-refractivity contribution in [3.8, 4) is 5.75 Å². The summed E-state index contributed by atoms with van der Waals surface area (Å²) in [6.45, 7) is -2.81. The van der Waals surface area contributed by atoms with Crippen LogP contribution in [0.25, 0.3) is 10.9 Å². The van der Waals surface area contributed by atoms with Gasteiger partial charge in [-0.05, 0) is 6.07 Å². The zero-order chi connectivity index (χ0) is 10.1. The summed E-state index contributed by atoms with van der Waals surface area (Å²) in [5, 5.41) is 4.74. The fourth-order valence-corrected chi connectivity index (χ4v) is 1.39. The Morgan fingerprint density at radius 3 is 2.93 bits per heavy atom. The number of rotatable bonds is 2. The second-order valence-electron chi connectivity index (χ2n) is 2.84. The normalized spacial score (nSPS) is 11.1. The van der Waals surface area contributed by atoms with Crippen LogP contribution in [0.3, 0.4) is 0 Å². The zero-order valence-corrected chi connectivity index (χ0v) is 7.45. The van der Waals surface area contributed by atoms with Gasteiger partial charge in [-0.3, -0.25) is 4.68 Å². The predicted octanol–water partition coefficient (Wildman–Crippen LogP) is 2.17. The summed E-state index contributed by atoms with van der Waals surface area (Å²) in [6.07, 6.45) is 1.60. The Bertz CT molecular complexity index is 453. The number of ether oxygens (including phenoxy) is 1. The summed E-state index contributed by atoms with van der Waals surface area (Å²) in [4.78, 5) is 0. The summed E-state index contributed by atoms with van der Waals surface area (Å²) in [7, 11) is 1.68. The average molecular weight is 198 g/mol. The van der Waals surface area contributed by atoms with E-state index in [1.807, 2.05) is 0 Å². The van der Waals surface area contributed by atoms with Crippen molar-refractivity contribution in [3.05, 3.63) is 24.4 Å². The van der Waals surface area contributed by atoms with E-state index in [-0.39, 0.29) is 5.75 Å². The monoisotopic (exact) mass is 198 g/mol. The first-order valence-electron chi connectivity index (χ1n) is 4.04. The van der Waals surface area contributed by atoms with Gasteiger partial charge in [-0.1, -0.05) is 12.1 Å². The number of para-hydroxylation sites is 1. The van der Waals surface area contributed by atoms with Gasteiger partial charge in [-0.15, -0.1) is 0 Å². The quantitative estimate of drug-likeness (QED) is 0.739. The molecule has 74 valence electrons. The maximum atomic E-state index is 12.0. The molecule has 0 saturated heterocycles. The number of hydrogen-bond donors (Lipinski definition) is 0. The second-order valence-corrected chi connectivity index (χ2v) is 2.84. The minimum atomic E-state index is -2.81. The van der Waals surface area contributed by atoms with E-state index in [9.17, 15) is 8.78 Å². The van der Waals surface area contributed by atoms with Gasteiger partial charge in [0.25, 0.3) is 0 Å². The van der Waals surface area contributed by atoms with Crippen molar-refractivity contribution < 1.29 is 13.5 Å². The number of benzene rings is 1. The Morgan fingerprint density at radius 2 is 2.21 bits per heavy atom. The minimum absolute atomic E-state index is 0.150. The molecule has 1 aromatic heterocycles. The van der Waals surface area contributed by atoms with Gasteiger partial charge in [0.2, 0.25) is 0 Å². The fourth-order valence-electron chi connectivity index (χ4n) is 1.39. The third-order valence-electron chi connectivity index (χ3n) is 1.94. The Labute approximate surface area is 78.9 Å². The Kier molecular flexibility index (Phi) is 2.07. The predicted molar refractivity (Wildman–Crippen MR) is 47.3 cm³/mol. The molecule has 0 fully saturated rings. The summed E-state index contributed by atoms with van der Waals surface area (Å²) < 4.78 is 29.9. The number of aryl methyl sites for hydroxylation is 1. The van der Waals surface area contributed by atoms with E-state index in [0.29, 0.717) is 5.52 Å². The van der Waals surface area contributed by atoms with E-state index in [2.05, 4.69) is 9.84 Å². The van der Waals surface area contributed by atoms with Crippen molar-refractivity contribution >= 4 is 10.9 Å². The zero-order valence-electron chi connectivity index (χ0n) is 7.45. The number of fused-ring (bicyclic) bond motifs is 1.